The number of nitrogens with zero attached hydrogens (tertiary/aromatic N) is 1. The predicted molar refractivity (Wildman–Crippen MR) is 52.4 cm³/mol. The van der Waals surface area contributed by atoms with E-state index in [1.54, 1.807) is 4.90 Å². The van der Waals surface area contributed by atoms with Gasteiger partial charge in [0, 0.05) is 26.6 Å². The van der Waals surface area contributed by atoms with Crippen LogP contribution in [0.15, 0.2) is 0 Å². The molecule has 0 aromatic rings. The molecule has 1 atom stereocenters. The third kappa shape index (κ3) is 2.99. The third-order valence-electron chi connectivity index (χ3n) is 2.45. The maximum absolute atomic E-state index is 11.2. The minimum atomic E-state index is -0.0198. The van der Waals surface area contributed by atoms with Gasteiger partial charge in [-0.05, 0) is 12.3 Å². The zero-order valence-corrected chi connectivity index (χ0v) is 8.45. The van der Waals surface area contributed by atoms with Crippen LogP contribution in [-0.2, 0) is 9.59 Å². The fraction of sp³-hybridized carbons (Fsp3) is 0.778. The molecule has 0 bridgehead atoms. The van der Waals surface area contributed by atoms with Gasteiger partial charge in [0.05, 0.1) is 6.54 Å². The highest BCUT2D eigenvalue weighted by Crippen LogP contribution is 2.14. The molecule has 2 amide bonds. The van der Waals surface area contributed by atoms with Gasteiger partial charge in [0.2, 0.25) is 11.8 Å². The van der Waals surface area contributed by atoms with E-state index in [4.69, 9.17) is 5.73 Å². The Balaban J connectivity index is 2.27. The van der Waals surface area contributed by atoms with Gasteiger partial charge in [-0.3, -0.25) is 9.59 Å². The van der Waals surface area contributed by atoms with Gasteiger partial charge in [-0.2, -0.15) is 0 Å². The molecule has 0 spiro atoms. The lowest BCUT2D eigenvalue weighted by Crippen LogP contribution is -2.35. The van der Waals surface area contributed by atoms with Gasteiger partial charge < -0.3 is 16.0 Å². The molecule has 1 heterocycles. The third-order valence-corrected chi connectivity index (χ3v) is 2.45. The Kier molecular flexibility index (Phi) is 3.88. The lowest BCUT2D eigenvalue weighted by molar-refractivity contribution is -0.128. The second-order valence-corrected chi connectivity index (χ2v) is 3.64. The van der Waals surface area contributed by atoms with Crippen LogP contribution in [0.5, 0.6) is 0 Å². The van der Waals surface area contributed by atoms with Crippen molar-refractivity contribution in [1.82, 2.24) is 10.2 Å². The molecule has 1 aliphatic heterocycles. The summed E-state index contributed by atoms with van der Waals surface area (Å²) in [5, 5.41) is 2.76. The zero-order chi connectivity index (χ0) is 10.6. The largest absolute Gasteiger partial charge is 0.356 e. The van der Waals surface area contributed by atoms with E-state index in [0.29, 0.717) is 12.5 Å². The van der Waals surface area contributed by atoms with Crippen molar-refractivity contribution < 1.29 is 9.59 Å². The highest BCUT2D eigenvalue weighted by Gasteiger charge is 2.25. The van der Waals surface area contributed by atoms with Gasteiger partial charge in [-0.25, -0.2) is 0 Å². The number of hydrogen-bond acceptors (Lipinski definition) is 3. The molecule has 0 aliphatic carbocycles. The fourth-order valence-corrected chi connectivity index (χ4v) is 1.64. The van der Waals surface area contributed by atoms with E-state index in [-0.39, 0.29) is 18.4 Å². The van der Waals surface area contributed by atoms with Crippen molar-refractivity contribution in [2.24, 2.45) is 11.7 Å². The van der Waals surface area contributed by atoms with E-state index in [1.165, 1.54) is 6.92 Å². The van der Waals surface area contributed by atoms with Crippen molar-refractivity contribution in [3.8, 4) is 0 Å². The van der Waals surface area contributed by atoms with E-state index >= 15 is 0 Å². The van der Waals surface area contributed by atoms with Gasteiger partial charge in [-0.15, -0.1) is 0 Å². The van der Waals surface area contributed by atoms with Gasteiger partial charge in [0.25, 0.3) is 0 Å². The summed E-state index contributed by atoms with van der Waals surface area (Å²) in [6, 6.07) is 0. The summed E-state index contributed by atoms with van der Waals surface area (Å²) in [5.74, 6) is 0.360. The van der Waals surface area contributed by atoms with Crippen LogP contribution in [0.25, 0.3) is 0 Å². The van der Waals surface area contributed by atoms with Crippen LogP contribution >= 0.6 is 0 Å². The first-order valence-corrected chi connectivity index (χ1v) is 4.85. The first-order chi connectivity index (χ1) is 6.63. The summed E-state index contributed by atoms with van der Waals surface area (Å²) >= 11 is 0. The molecule has 0 aromatic carbocycles. The molecule has 1 unspecified atom stereocenters. The number of nitrogens with two attached hydrogens (primary N) is 1. The zero-order valence-electron chi connectivity index (χ0n) is 8.45. The van der Waals surface area contributed by atoms with Crippen LogP contribution in [0, 0.1) is 5.92 Å². The molecular weight excluding hydrogens is 182 g/mol. The molecule has 0 radical (unpaired) electrons. The number of likely N-dealkylation sites (tertiary alicyclic amines) is 1. The Hall–Kier alpha value is -1.10. The summed E-state index contributed by atoms with van der Waals surface area (Å²) in [4.78, 5) is 23.6. The van der Waals surface area contributed by atoms with Crippen molar-refractivity contribution in [2.75, 3.05) is 26.2 Å². The topological polar surface area (TPSA) is 75.4 Å². The normalized spacial score (nSPS) is 21.0. The fourth-order valence-electron chi connectivity index (χ4n) is 1.64. The smallest absolute Gasteiger partial charge is 0.236 e. The summed E-state index contributed by atoms with van der Waals surface area (Å²) in [6.45, 7) is 3.71. The Labute approximate surface area is 83.6 Å². The number of carbonyl (C=O) groups excluding carboxylic acids is 2. The first kappa shape index (κ1) is 11.0. The number of hydrogen-bond donors (Lipinski definition) is 2. The molecule has 1 fully saturated rings. The van der Waals surface area contributed by atoms with Gasteiger partial charge in [0.15, 0.2) is 0 Å². The number of nitrogens with one attached hydrogen (secondary N) is 1. The average molecular weight is 199 g/mol. The average Bonchev–Trinajstić information content (AvgIpc) is 2.62. The number of rotatable bonds is 3. The van der Waals surface area contributed by atoms with Crippen molar-refractivity contribution >= 4 is 11.8 Å². The van der Waals surface area contributed by atoms with Gasteiger partial charge >= 0.3 is 0 Å². The molecule has 0 saturated carbocycles. The van der Waals surface area contributed by atoms with E-state index in [1.807, 2.05) is 0 Å². The molecule has 0 aromatic heterocycles. The standard InChI is InChI=1S/C9H17N3O2/c1-7(13)11-5-8-2-3-12(6-8)9(14)4-10/h8H,2-6,10H2,1H3,(H,11,13). The molecule has 3 N–H and O–H groups in total. The molecule has 80 valence electrons. The summed E-state index contributed by atoms with van der Waals surface area (Å²) < 4.78 is 0. The maximum Gasteiger partial charge on any atom is 0.236 e. The molecule has 5 nitrogen and oxygen atoms in total. The van der Waals surface area contributed by atoms with Gasteiger partial charge in [-0.1, -0.05) is 0 Å². The number of carbonyl (C=O) groups is 2. The van der Waals surface area contributed by atoms with Crippen LogP contribution < -0.4 is 11.1 Å². The van der Waals surface area contributed by atoms with Gasteiger partial charge in [0.1, 0.15) is 0 Å². The van der Waals surface area contributed by atoms with E-state index in [0.717, 1.165) is 19.5 Å². The number of amides is 2. The molecule has 1 saturated heterocycles. The molecule has 14 heavy (non-hydrogen) atoms. The molecule has 5 heteroatoms. The van der Waals surface area contributed by atoms with E-state index in [2.05, 4.69) is 5.32 Å². The minimum absolute atomic E-state index is 0.00433. The van der Waals surface area contributed by atoms with Crippen LogP contribution in [0.4, 0.5) is 0 Å². The second kappa shape index (κ2) is 4.95. The van der Waals surface area contributed by atoms with Crippen molar-refractivity contribution in [3.63, 3.8) is 0 Å². The monoisotopic (exact) mass is 199 g/mol. The Morgan fingerprint density at radius 2 is 2.29 bits per heavy atom. The Bertz CT molecular complexity index is 230. The van der Waals surface area contributed by atoms with Crippen LogP contribution in [-0.4, -0.2) is 42.9 Å². The minimum Gasteiger partial charge on any atom is -0.356 e. The van der Waals surface area contributed by atoms with Crippen molar-refractivity contribution in [3.05, 3.63) is 0 Å². The summed E-state index contributed by atoms with van der Waals surface area (Å²) in [5.41, 5.74) is 5.26. The van der Waals surface area contributed by atoms with E-state index in [9.17, 15) is 9.59 Å². The predicted octanol–water partition coefficient (Wildman–Crippen LogP) is -1.07. The molecule has 1 rings (SSSR count). The first-order valence-electron chi connectivity index (χ1n) is 4.85. The van der Waals surface area contributed by atoms with Crippen LogP contribution in [0.2, 0.25) is 0 Å². The lowest BCUT2D eigenvalue weighted by Gasteiger charge is -2.15. The SMILES string of the molecule is CC(=O)NCC1CCN(C(=O)CN)C1. The highest BCUT2D eigenvalue weighted by atomic mass is 16.2. The molecule has 1 aliphatic rings. The Morgan fingerprint density at radius 1 is 1.57 bits per heavy atom. The lowest BCUT2D eigenvalue weighted by atomic mass is 10.1. The second-order valence-electron chi connectivity index (χ2n) is 3.64. The molecular formula is C9H17N3O2. The highest BCUT2D eigenvalue weighted by molar-refractivity contribution is 5.78. The maximum atomic E-state index is 11.2. The summed E-state index contributed by atoms with van der Waals surface area (Å²) in [6.07, 6.45) is 0.950. The Morgan fingerprint density at radius 3 is 2.86 bits per heavy atom. The van der Waals surface area contributed by atoms with Crippen molar-refractivity contribution in [1.29, 1.82) is 0 Å². The van der Waals surface area contributed by atoms with Crippen LogP contribution in [0.1, 0.15) is 13.3 Å². The quantitative estimate of drug-likeness (QED) is 0.607. The van der Waals surface area contributed by atoms with E-state index < -0.39 is 0 Å². The van der Waals surface area contributed by atoms with Crippen molar-refractivity contribution in [2.45, 2.75) is 13.3 Å². The van der Waals surface area contributed by atoms with Crippen LogP contribution in [0.3, 0.4) is 0 Å². The summed E-state index contributed by atoms with van der Waals surface area (Å²) in [7, 11) is 0.